The van der Waals surface area contributed by atoms with Crippen molar-refractivity contribution >= 4 is 20.9 Å². The standard InChI is InChI=1S/C21H31N3O2S/c1-21(2,3)10-20-22-18-9-17(27(25,26)14-16-11-23(4)12-16)7-8-19(18)24(20)13-15-5-6-15/h7-9,15-16H,5-6,10-14H2,1-4H3. The van der Waals surface area contributed by atoms with Gasteiger partial charge in [-0.2, -0.15) is 0 Å². The summed E-state index contributed by atoms with van der Waals surface area (Å²) in [5.41, 5.74) is 2.04. The van der Waals surface area contributed by atoms with Gasteiger partial charge in [-0.05, 0) is 55.3 Å². The van der Waals surface area contributed by atoms with Crippen LogP contribution in [0.15, 0.2) is 23.1 Å². The summed E-state index contributed by atoms with van der Waals surface area (Å²) in [7, 11) is -1.23. The summed E-state index contributed by atoms with van der Waals surface area (Å²) in [6, 6.07) is 5.55. The van der Waals surface area contributed by atoms with Gasteiger partial charge in [-0.1, -0.05) is 20.8 Å². The number of imidazole rings is 1. The molecule has 1 aliphatic heterocycles. The van der Waals surface area contributed by atoms with Crippen LogP contribution in [-0.2, 0) is 22.8 Å². The van der Waals surface area contributed by atoms with Crippen LogP contribution in [0.4, 0.5) is 0 Å². The van der Waals surface area contributed by atoms with Gasteiger partial charge in [0, 0.05) is 26.1 Å². The number of benzene rings is 1. The van der Waals surface area contributed by atoms with E-state index >= 15 is 0 Å². The normalized spacial score (nSPS) is 19.6. The van der Waals surface area contributed by atoms with Crippen LogP contribution in [0.1, 0.15) is 39.4 Å². The van der Waals surface area contributed by atoms with Gasteiger partial charge in [0.05, 0.1) is 21.7 Å². The van der Waals surface area contributed by atoms with E-state index in [9.17, 15) is 8.42 Å². The summed E-state index contributed by atoms with van der Waals surface area (Å²) in [6.45, 7) is 9.40. The Morgan fingerprint density at radius 1 is 1.15 bits per heavy atom. The second-order valence-electron chi connectivity index (χ2n) is 9.84. The molecule has 6 heteroatoms. The zero-order valence-electron chi connectivity index (χ0n) is 16.9. The molecule has 0 atom stereocenters. The second kappa shape index (κ2) is 6.59. The van der Waals surface area contributed by atoms with Gasteiger partial charge in [0.1, 0.15) is 5.82 Å². The molecule has 148 valence electrons. The lowest BCUT2D eigenvalue weighted by molar-refractivity contribution is 0.151. The molecule has 1 aromatic heterocycles. The Bertz CT molecular complexity index is 946. The van der Waals surface area contributed by atoms with E-state index < -0.39 is 9.84 Å². The molecule has 1 aliphatic carbocycles. The van der Waals surface area contributed by atoms with E-state index in [0.29, 0.717) is 4.90 Å². The number of rotatable bonds is 6. The smallest absolute Gasteiger partial charge is 0.178 e. The Hall–Kier alpha value is -1.40. The van der Waals surface area contributed by atoms with Gasteiger partial charge in [-0.15, -0.1) is 0 Å². The molecule has 0 bridgehead atoms. The highest BCUT2D eigenvalue weighted by Crippen LogP contribution is 2.34. The molecule has 1 aromatic carbocycles. The lowest BCUT2D eigenvalue weighted by Crippen LogP contribution is -2.46. The fraction of sp³-hybridized carbons (Fsp3) is 0.667. The molecule has 0 spiro atoms. The van der Waals surface area contributed by atoms with Gasteiger partial charge in [-0.3, -0.25) is 0 Å². The van der Waals surface area contributed by atoms with Crippen molar-refractivity contribution in [3.8, 4) is 0 Å². The summed E-state index contributed by atoms with van der Waals surface area (Å²) in [4.78, 5) is 7.44. The maximum atomic E-state index is 12.8. The van der Waals surface area contributed by atoms with Crippen molar-refractivity contribution in [3.05, 3.63) is 24.0 Å². The second-order valence-corrected chi connectivity index (χ2v) is 11.9. The van der Waals surface area contributed by atoms with Crippen molar-refractivity contribution in [2.75, 3.05) is 25.9 Å². The van der Waals surface area contributed by atoms with E-state index in [4.69, 9.17) is 4.98 Å². The van der Waals surface area contributed by atoms with Crippen LogP contribution in [0, 0.1) is 17.3 Å². The molecule has 2 fully saturated rings. The highest BCUT2D eigenvalue weighted by atomic mass is 32.2. The number of hydrogen-bond acceptors (Lipinski definition) is 4. The molecule has 2 heterocycles. The largest absolute Gasteiger partial charge is 0.328 e. The van der Waals surface area contributed by atoms with E-state index in [1.807, 2.05) is 13.1 Å². The molecule has 0 N–H and O–H groups in total. The Kier molecular flexibility index (Phi) is 4.62. The molecule has 27 heavy (non-hydrogen) atoms. The Morgan fingerprint density at radius 3 is 2.44 bits per heavy atom. The summed E-state index contributed by atoms with van der Waals surface area (Å²) in [5, 5.41) is 0. The zero-order valence-corrected chi connectivity index (χ0v) is 17.7. The highest BCUT2D eigenvalue weighted by molar-refractivity contribution is 7.91. The first kappa shape index (κ1) is 18.9. The van der Waals surface area contributed by atoms with Gasteiger partial charge < -0.3 is 9.47 Å². The van der Waals surface area contributed by atoms with Gasteiger partial charge in [0.2, 0.25) is 0 Å². The molecule has 1 saturated heterocycles. The summed E-state index contributed by atoms with van der Waals surface area (Å²) in [5.74, 6) is 2.32. The third-order valence-corrected chi connectivity index (χ3v) is 7.46. The van der Waals surface area contributed by atoms with E-state index in [0.717, 1.165) is 48.8 Å². The maximum absolute atomic E-state index is 12.8. The predicted molar refractivity (Wildman–Crippen MR) is 109 cm³/mol. The van der Waals surface area contributed by atoms with Gasteiger partial charge in [-0.25, -0.2) is 13.4 Å². The molecular formula is C21H31N3O2S. The van der Waals surface area contributed by atoms with Crippen LogP contribution in [0.2, 0.25) is 0 Å². The van der Waals surface area contributed by atoms with Crippen LogP contribution in [0.5, 0.6) is 0 Å². The van der Waals surface area contributed by atoms with Crippen molar-refractivity contribution in [2.45, 2.75) is 51.5 Å². The number of likely N-dealkylation sites (tertiary alicyclic amines) is 1. The number of hydrogen-bond donors (Lipinski definition) is 0. The minimum atomic E-state index is -3.26. The minimum absolute atomic E-state index is 0.147. The molecule has 0 radical (unpaired) electrons. The van der Waals surface area contributed by atoms with Crippen molar-refractivity contribution < 1.29 is 8.42 Å². The monoisotopic (exact) mass is 389 g/mol. The topological polar surface area (TPSA) is 55.2 Å². The summed E-state index contributed by atoms with van der Waals surface area (Å²) in [6.07, 6.45) is 3.47. The SMILES string of the molecule is CN1CC(CS(=O)(=O)c2ccc3c(c2)nc(CC(C)(C)C)n3CC2CC2)C1. The van der Waals surface area contributed by atoms with Gasteiger partial charge in [0.15, 0.2) is 9.84 Å². The van der Waals surface area contributed by atoms with Crippen molar-refractivity contribution in [3.63, 3.8) is 0 Å². The third-order valence-electron chi connectivity index (χ3n) is 5.58. The van der Waals surface area contributed by atoms with Crippen LogP contribution >= 0.6 is 0 Å². The third kappa shape index (κ3) is 4.21. The van der Waals surface area contributed by atoms with Crippen LogP contribution in [-0.4, -0.2) is 48.8 Å². The fourth-order valence-corrected chi connectivity index (χ4v) is 5.66. The first-order valence-electron chi connectivity index (χ1n) is 10.0. The molecule has 2 aliphatic rings. The highest BCUT2D eigenvalue weighted by Gasteiger charge is 2.30. The number of aromatic nitrogens is 2. The Labute approximate surface area is 162 Å². The predicted octanol–water partition coefficient (Wildman–Crippen LogP) is 3.37. The summed E-state index contributed by atoms with van der Waals surface area (Å²) < 4.78 is 28.0. The molecule has 1 saturated carbocycles. The quantitative estimate of drug-likeness (QED) is 0.760. The van der Waals surface area contributed by atoms with E-state index in [2.05, 4.69) is 30.2 Å². The molecule has 0 unspecified atom stereocenters. The average Bonchev–Trinajstić information content (AvgIpc) is 3.27. The molecule has 2 aromatic rings. The van der Waals surface area contributed by atoms with Crippen molar-refractivity contribution in [1.29, 1.82) is 0 Å². The van der Waals surface area contributed by atoms with Crippen LogP contribution in [0.25, 0.3) is 11.0 Å². The fourth-order valence-electron chi connectivity index (χ4n) is 4.06. The zero-order chi connectivity index (χ0) is 19.4. The number of nitrogens with zero attached hydrogens (tertiary/aromatic N) is 3. The Balaban J connectivity index is 1.67. The number of sulfone groups is 1. The lowest BCUT2D eigenvalue weighted by atomic mass is 9.92. The van der Waals surface area contributed by atoms with E-state index in [1.165, 1.54) is 12.8 Å². The van der Waals surface area contributed by atoms with E-state index in [-0.39, 0.29) is 17.1 Å². The van der Waals surface area contributed by atoms with Crippen molar-refractivity contribution in [1.82, 2.24) is 14.5 Å². The molecule has 5 nitrogen and oxygen atoms in total. The van der Waals surface area contributed by atoms with Crippen LogP contribution < -0.4 is 0 Å². The van der Waals surface area contributed by atoms with Gasteiger partial charge >= 0.3 is 0 Å². The Morgan fingerprint density at radius 2 is 1.85 bits per heavy atom. The first-order valence-corrected chi connectivity index (χ1v) is 11.7. The average molecular weight is 390 g/mol. The molecular weight excluding hydrogens is 358 g/mol. The van der Waals surface area contributed by atoms with Gasteiger partial charge in [0.25, 0.3) is 0 Å². The minimum Gasteiger partial charge on any atom is -0.328 e. The van der Waals surface area contributed by atoms with Crippen molar-refractivity contribution in [2.24, 2.45) is 17.3 Å². The molecule has 0 amide bonds. The lowest BCUT2D eigenvalue weighted by Gasteiger charge is -2.35. The van der Waals surface area contributed by atoms with Crippen LogP contribution in [0.3, 0.4) is 0 Å². The summed E-state index contributed by atoms with van der Waals surface area (Å²) >= 11 is 0. The number of fused-ring (bicyclic) bond motifs is 1. The maximum Gasteiger partial charge on any atom is 0.178 e. The van der Waals surface area contributed by atoms with E-state index in [1.54, 1.807) is 12.1 Å². The first-order chi connectivity index (χ1) is 12.6. The molecule has 4 rings (SSSR count).